The zero-order valence-electron chi connectivity index (χ0n) is 12.7. The Hall–Kier alpha value is -0.570. The van der Waals surface area contributed by atoms with Crippen LogP contribution in [0.4, 0.5) is 0 Å². The van der Waals surface area contributed by atoms with Crippen molar-refractivity contribution in [1.82, 2.24) is 5.32 Å². The van der Waals surface area contributed by atoms with E-state index in [1.165, 1.54) is 25.7 Å². The number of hydrogen-bond acceptors (Lipinski definition) is 2. The summed E-state index contributed by atoms with van der Waals surface area (Å²) in [6.45, 7) is 9.95. The Labute approximate surface area is 112 Å². The van der Waals surface area contributed by atoms with Gasteiger partial charge in [-0.05, 0) is 46.5 Å². The summed E-state index contributed by atoms with van der Waals surface area (Å²) in [7, 11) is 0. The molecule has 2 unspecified atom stereocenters. The normalized spacial score (nSPS) is 26.6. The van der Waals surface area contributed by atoms with Gasteiger partial charge in [0.25, 0.3) is 0 Å². The minimum atomic E-state index is -0.543. The van der Waals surface area contributed by atoms with Crippen molar-refractivity contribution in [1.29, 1.82) is 0 Å². The van der Waals surface area contributed by atoms with Crippen LogP contribution in [0.3, 0.4) is 0 Å². The highest BCUT2D eigenvalue weighted by Gasteiger charge is 2.41. The lowest BCUT2D eigenvalue weighted by Crippen LogP contribution is -2.57. The monoisotopic (exact) mass is 254 g/mol. The fourth-order valence-corrected chi connectivity index (χ4v) is 2.35. The molecule has 1 saturated carbocycles. The SMILES string of the molecule is CC1CCCCCC1NC(=O)C(C)(C)C(C)(C)N. The minimum absolute atomic E-state index is 0.0914. The molecule has 106 valence electrons. The van der Waals surface area contributed by atoms with E-state index in [4.69, 9.17) is 5.73 Å². The maximum atomic E-state index is 12.4. The molecule has 3 N–H and O–H groups in total. The van der Waals surface area contributed by atoms with Crippen molar-refractivity contribution >= 4 is 5.91 Å². The summed E-state index contributed by atoms with van der Waals surface area (Å²) in [6.07, 6.45) is 6.13. The summed E-state index contributed by atoms with van der Waals surface area (Å²) >= 11 is 0. The first-order valence-electron chi connectivity index (χ1n) is 7.26. The van der Waals surface area contributed by atoms with Crippen LogP contribution in [0.2, 0.25) is 0 Å². The van der Waals surface area contributed by atoms with E-state index in [9.17, 15) is 4.79 Å². The molecule has 3 heteroatoms. The van der Waals surface area contributed by atoms with Crippen LogP contribution in [0.25, 0.3) is 0 Å². The van der Waals surface area contributed by atoms with Crippen LogP contribution in [0.1, 0.15) is 66.7 Å². The first kappa shape index (κ1) is 15.5. The van der Waals surface area contributed by atoms with Crippen LogP contribution in [0, 0.1) is 11.3 Å². The molecule has 1 amide bonds. The Morgan fingerprint density at radius 2 is 1.67 bits per heavy atom. The Morgan fingerprint density at radius 3 is 2.22 bits per heavy atom. The molecule has 0 aromatic carbocycles. The van der Waals surface area contributed by atoms with Crippen LogP contribution in [0.15, 0.2) is 0 Å². The molecule has 2 atom stereocenters. The predicted molar refractivity (Wildman–Crippen MR) is 76.2 cm³/mol. The van der Waals surface area contributed by atoms with Gasteiger partial charge in [0.15, 0.2) is 0 Å². The van der Waals surface area contributed by atoms with Crippen LogP contribution in [-0.2, 0) is 4.79 Å². The number of nitrogens with two attached hydrogens (primary N) is 1. The lowest BCUT2D eigenvalue weighted by atomic mass is 9.74. The summed E-state index contributed by atoms with van der Waals surface area (Å²) in [6, 6.07) is 0.321. The predicted octanol–water partition coefficient (Wildman–Crippen LogP) is 2.83. The van der Waals surface area contributed by atoms with E-state index in [1.54, 1.807) is 0 Å². The second-order valence-corrected chi connectivity index (χ2v) is 7.04. The Kier molecular flexibility index (Phi) is 4.82. The molecule has 0 saturated heterocycles. The Bertz CT molecular complexity index is 291. The number of nitrogens with one attached hydrogen (secondary N) is 1. The quantitative estimate of drug-likeness (QED) is 0.761. The van der Waals surface area contributed by atoms with Gasteiger partial charge in [0.05, 0.1) is 5.41 Å². The van der Waals surface area contributed by atoms with Gasteiger partial charge in [0.2, 0.25) is 5.91 Å². The smallest absolute Gasteiger partial charge is 0.227 e. The fraction of sp³-hybridized carbons (Fsp3) is 0.933. The van der Waals surface area contributed by atoms with Gasteiger partial charge in [-0.2, -0.15) is 0 Å². The number of carbonyl (C=O) groups is 1. The van der Waals surface area contributed by atoms with Gasteiger partial charge in [-0.1, -0.05) is 26.2 Å². The van der Waals surface area contributed by atoms with E-state index < -0.39 is 11.0 Å². The molecule has 1 aliphatic rings. The molecule has 0 aromatic rings. The fourth-order valence-electron chi connectivity index (χ4n) is 2.35. The molecule has 0 radical (unpaired) electrons. The van der Waals surface area contributed by atoms with Crippen molar-refractivity contribution in [3.63, 3.8) is 0 Å². The highest BCUT2D eigenvalue weighted by molar-refractivity contribution is 5.83. The topological polar surface area (TPSA) is 55.1 Å². The van der Waals surface area contributed by atoms with Crippen molar-refractivity contribution in [2.45, 2.75) is 78.3 Å². The summed E-state index contributed by atoms with van der Waals surface area (Å²) in [5, 5.41) is 3.24. The van der Waals surface area contributed by atoms with Gasteiger partial charge in [-0.15, -0.1) is 0 Å². The summed E-state index contributed by atoms with van der Waals surface area (Å²) in [5.41, 5.74) is 5.07. The van der Waals surface area contributed by atoms with E-state index in [1.807, 2.05) is 27.7 Å². The first-order valence-corrected chi connectivity index (χ1v) is 7.26. The third-order valence-electron chi connectivity index (χ3n) is 4.86. The van der Waals surface area contributed by atoms with Gasteiger partial charge in [0, 0.05) is 11.6 Å². The second-order valence-electron chi connectivity index (χ2n) is 7.04. The van der Waals surface area contributed by atoms with E-state index in [2.05, 4.69) is 12.2 Å². The van der Waals surface area contributed by atoms with Crippen molar-refractivity contribution in [3.05, 3.63) is 0 Å². The second kappa shape index (κ2) is 5.60. The zero-order chi connectivity index (χ0) is 14.0. The molecule has 0 aromatic heterocycles. The lowest BCUT2D eigenvalue weighted by molar-refractivity contribution is -0.133. The Balaban J connectivity index is 2.68. The highest BCUT2D eigenvalue weighted by atomic mass is 16.2. The molecular formula is C15H30N2O. The molecule has 1 aliphatic carbocycles. The Morgan fingerprint density at radius 1 is 1.11 bits per heavy atom. The van der Waals surface area contributed by atoms with Crippen LogP contribution >= 0.6 is 0 Å². The van der Waals surface area contributed by atoms with Crippen molar-refractivity contribution in [3.8, 4) is 0 Å². The average Bonchev–Trinajstić information content (AvgIpc) is 2.42. The molecule has 1 rings (SSSR count). The van der Waals surface area contributed by atoms with E-state index in [0.29, 0.717) is 12.0 Å². The van der Waals surface area contributed by atoms with Gasteiger partial charge in [0.1, 0.15) is 0 Å². The van der Waals surface area contributed by atoms with Crippen molar-refractivity contribution in [2.24, 2.45) is 17.1 Å². The van der Waals surface area contributed by atoms with Crippen molar-refractivity contribution < 1.29 is 4.79 Å². The number of rotatable bonds is 3. The van der Waals surface area contributed by atoms with Gasteiger partial charge in [-0.25, -0.2) is 0 Å². The number of hydrogen-bond donors (Lipinski definition) is 2. The third kappa shape index (κ3) is 3.47. The molecule has 0 heterocycles. The standard InChI is InChI=1S/C15H30N2O/c1-11-9-7-6-8-10-12(11)17-13(18)14(2,3)15(4,5)16/h11-12H,6-10,16H2,1-5H3,(H,17,18). The first-order chi connectivity index (χ1) is 8.16. The van der Waals surface area contributed by atoms with Gasteiger partial charge in [-0.3, -0.25) is 4.79 Å². The number of carbonyl (C=O) groups excluding carboxylic acids is 1. The van der Waals surface area contributed by atoms with Crippen LogP contribution in [0.5, 0.6) is 0 Å². The molecule has 18 heavy (non-hydrogen) atoms. The molecule has 3 nitrogen and oxygen atoms in total. The summed E-state index contributed by atoms with van der Waals surface area (Å²) in [4.78, 5) is 12.4. The number of amides is 1. The van der Waals surface area contributed by atoms with E-state index >= 15 is 0 Å². The maximum absolute atomic E-state index is 12.4. The summed E-state index contributed by atoms with van der Waals surface area (Å²) < 4.78 is 0. The largest absolute Gasteiger partial charge is 0.353 e. The summed E-state index contributed by atoms with van der Waals surface area (Å²) in [5.74, 6) is 0.668. The maximum Gasteiger partial charge on any atom is 0.227 e. The van der Waals surface area contributed by atoms with Gasteiger partial charge < -0.3 is 11.1 Å². The molecular weight excluding hydrogens is 224 g/mol. The van der Waals surface area contributed by atoms with E-state index in [0.717, 1.165) is 6.42 Å². The van der Waals surface area contributed by atoms with Gasteiger partial charge >= 0.3 is 0 Å². The van der Waals surface area contributed by atoms with Crippen LogP contribution < -0.4 is 11.1 Å². The molecule has 0 aliphatic heterocycles. The average molecular weight is 254 g/mol. The zero-order valence-corrected chi connectivity index (χ0v) is 12.7. The minimum Gasteiger partial charge on any atom is -0.353 e. The van der Waals surface area contributed by atoms with E-state index in [-0.39, 0.29) is 5.91 Å². The molecule has 0 spiro atoms. The third-order valence-corrected chi connectivity index (χ3v) is 4.86. The lowest BCUT2D eigenvalue weighted by Gasteiger charge is -2.38. The highest BCUT2D eigenvalue weighted by Crippen LogP contribution is 2.30. The van der Waals surface area contributed by atoms with Crippen molar-refractivity contribution in [2.75, 3.05) is 0 Å². The van der Waals surface area contributed by atoms with Crippen LogP contribution in [-0.4, -0.2) is 17.5 Å². The molecule has 1 fully saturated rings. The molecule has 0 bridgehead atoms.